The molecule has 178 valence electrons. The van der Waals surface area contributed by atoms with E-state index in [2.05, 4.69) is 39.4 Å². The van der Waals surface area contributed by atoms with Crippen LogP contribution in [0.4, 0.5) is 11.4 Å². The van der Waals surface area contributed by atoms with Crippen LogP contribution in [0.2, 0.25) is 0 Å². The van der Waals surface area contributed by atoms with Crippen molar-refractivity contribution in [1.29, 1.82) is 0 Å². The Morgan fingerprint density at radius 2 is 1.64 bits per heavy atom. The van der Waals surface area contributed by atoms with Gasteiger partial charge in [-0.15, -0.1) is 0 Å². The summed E-state index contributed by atoms with van der Waals surface area (Å²) in [4.78, 5) is 29.0. The predicted molar refractivity (Wildman–Crippen MR) is 132 cm³/mol. The molecule has 1 heterocycles. The fourth-order valence-corrected chi connectivity index (χ4v) is 4.95. The summed E-state index contributed by atoms with van der Waals surface area (Å²) in [6.07, 6.45) is 4.27. The maximum absolute atomic E-state index is 12.6. The zero-order valence-electron chi connectivity index (χ0n) is 19.4. The van der Waals surface area contributed by atoms with Crippen LogP contribution < -0.4 is 10.2 Å². The summed E-state index contributed by atoms with van der Waals surface area (Å²) in [5.74, 6) is -0.424. The van der Waals surface area contributed by atoms with E-state index in [1.807, 2.05) is 6.07 Å². The van der Waals surface area contributed by atoms with Gasteiger partial charge in [-0.1, -0.05) is 24.6 Å². The highest BCUT2D eigenvalue weighted by Gasteiger charge is 2.18. The lowest BCUT2D eigenvalue weighted by atomic mass is 10.0. The topological polar surface area (TPSA) is 86.8 Å². The second kappa shape index (κ2) is 11.4. The number of hydrogen-bond donors (Lipinski definition) is 1. The van der Waals surface area contributed by atoms with Crippen LogP contribution in [0.5, 0.6) is 0 Å². The van der Waals surface area contributed by atoms with Crippen molar-refractivity contribution in [2.75, 3.05) is 49.2 Å². The molecule has 1 fully saturated rings. The fraction of sp³-hybridized carbons (Fsp3) is 0.440. The molecular formula is C25H33N3O4S. The Hall–Kier alpha value is -2.71. The number of nitrogens with one attached hydrogen (secondary N) is 1. The molecule has 0 aliphatic carbocycles. The van der Waals surface area contributed by atoms with E-state index in [0.29, 0.717) is 12.0 Å². The molecule has 0 radical (unpaired) electrons. The highest BCUT2D eigenvalue weighted by Crippen LogP contribution is 2.24. The number of unbranched alkanes of at least 4 members (excludes halogenated alkanes) is 2. The second-order valence-corrected chi connectivity index (χ2v) is 10.5. The van der Waals surface area contributed by atoms with Crippen molar-refractivity contribution in [2.45, 2.75) is 37.5 Å². The molecule has 8 heteroatoms. The van der Waals surface area contributed by atoms with Gasteiger partial charge in [-0.2, -0.15) is 0 Å². The SMILES string of the molecule is CC(=O)Nc1cc(C(=O)CCCCCN2CCN(c3ccccc3)CC2)ccc1S(C)(=O)=O. The Balaban J connectivity index is 1.41. The van der Waals surface area contributed by atoms with E-state index in [1.54, 1.807) is 0 Å². The van der Waals surface area contributed by atoms with E-state index >= 15 is 0 Å². The Labute approximate surface area is 196 Å². The minimum Gasteiger partial charge on any atom is -0.369 e. The number of ketones is 1. The van der Waals surface area contributed by atoms with Gasteiger partial charge >= 0.3 is 0 Å². The van der Waals surface area contributed by atoms with E-state index in [4.69, 9.17) is 0 Å². The monoisotopic (exact) mass is 471 g/mol. The number of carbonyl (C=O) groups excluding carboxylic acids is 2. The quantitative estimate of drug-likeness (QED) is 0.421. The average Bonchev–Trinajstić information content (AvgIpc) is 2.78. The van der Waals surface area contributed by atoms with Crippen molar-refractivity contribution < 1.29 is 18.0 Å². The molecule has 1 aliphatic rings. The summed E-state index contributed by atoms with van der Waals surface area (Å²) < 4.78 is 23.9. The van der Waals surface area contributed by atoms with Crippen LogP contribution in [0, 0.1) is 0 Å². The van der Waals surface area contributed by atoms with Gasteiger partial charge < -0.3 is 10.2 Å². The summed E-state index contributed by atoms with van der Waals surface area (Å²) in [7, 11) is -3.51. The van der Waals surface area contributed by atoms with Crippen molar-refractivity contribution >= 4 is 32.9 Å². The van der Waals surface area contributed by atoms with Gasteiger partial charge in [0.1, 0.15) is 0 Å². The van der Waals surface area contributed by atoms with E-state index in [0.717, 1.165) is 58.2 Å². The van der Waals surface area contributed by atoms with E-state index in [9.17, 15) is 18.0 Å². The number of para-hydroxylation sites is 1. The molecule has 2 aromatic carbocycles. The van der Waals surface area contributed by atoms with E-state index < -0.39 is 9.84 Å². The van der Waals surface area contributed by atoms with Gasteiger partial charge in [-0.25, -0.2) is 8.42 Å². The van der Waals surface area contributed by atoms with Gasteiger partial charge in [-0.3, -0.25) is 14.5 Å². The maximum atomic E-state index is 12.6. The number of anilines is 2. The van der Waals surface area contributed by atoms with Crippen LogP contribution >= 0.6 is 0 Å². The zero-order valence-corrected chi connectivity index (χ0v) is 20.2. The first-order chi connectivity index (χ1) is 15.7. The summed E-state index contributed by atoms with van der Waals surface area (Å²) >= 11 is 0. The molecule has 1 amide bonds. The maximum Gasteiger partial charge on any atom is 0.221 e. The molecule has 0 aromatic heterocycles. The fourth-order valence-electron chi connectivity index (χ4n) is 4.12. The molecule has 0 atom stereocenters. The lowest BCUT2D eigenvalue weighted by Gasteiger charge is -2.36. The van der Waals surface area contributed by atoms with Gasteiger partial charge in [0.25, 0.3) is 0 Å². The molecule has 3 rings (SSSR count). The first-order valence-electron chi connectivity index (χ1n) is 11.4. The molecular weight excluding hydrogens is 438 g/mol. The van der Waals surface area contributed by atoms with Crippen LogP contribution in [0.3, 0.4) is 0 Å². The van der Waals surface area contributed by atoms with Crippen LogP contribution in [0.25, 0.3) is 0 Å². The molecule has 2 aromatic rings. The summed E-state index contributed by atoms with van der Waals surface area (Å²) in [5.41, 5.74) is 1.86. The van der Waals surface area contributed by atoms with Gasteiger partial charge in [0.05, 0.1) is 10.6 Å². The number of Topliss-reactive ketones (excluding diaryl/α,β-unsaturated/α-hetero) is 1. The van der Waals surface area contributed by atoms with Crippen LogP contribution in [0.1, 0.15) is 43.0 Å². The number of carbonyl (C=O) groups is 2. The van der Waals surface area contributed by atoms with Crippen molar-refractivity contribution in [3.8, 4) is 0 Å². The van der Waals surface area contributed by atoms with Crippen molar-refractivity contribution in [1.82, 2.24) is 4.90 Å². The highest BCUT2D eigenvalue weighted by molar-refractivity contribution is 7.90. The molecule has 1 saturated heterocycles. The third-order valence-corrected chi connectivity index (χ3v) is 7.04. The lowest BCUT2D eigenvalue weighted by Crippen LogP contribution is -2.46. The smallest absolute Gasteiger partial charge is 0.221 e. The largest absolute Gasteiger partial charge is 0.369 e. The van der Waals surface area contributed by atoms with Gasteiger partial charge in [0.2, 0.25) is 5.91 Å². The van der Waals surface area contributed by atoms with Gasteiger partial charge in [-0.05, 0) is 49.7 Å². The standard InChI is InChI=1S/C25H33N3O4S/c1-20(29)26-23-19-21(12-13-25(23)33(2,31)32)24(30)11-7-4-8-14-27-15-17-28(18-16-27)22-9-5-3-6-10-22/h3,5-6,9-10,12-13,19H,4,7-8,11,14-18H2,1-2H3,(H,26,29). The van der Waals surface area contributed by atoms with Crippen LogP contribution in [-0.2, 0) is 14.6 Å². The first kappa shape index (κ1) is 24.9. The molecule has 0 spiro atoms. The number of piperazine rings is 1. The lowest BCUT2D eigenvalue weighted by molar-refractivity contribution is -0.114. The third-order valence-electron chi connectivity index (χ3n) is 5.88. The Morgan fingerprint density at radius 1 is 0.939 bits per heavy atom. The normalized spacial score (nSPS) is 14.8. The Morgan fingerprint density at radius 3 is 2.27 bits per heavy atom. The van der Waals surface area contributed by atoms with Gasteiger partial charge in [0.15, 0.2) is 15.6 Å². The number of benzene rings is 2. The van der Waals surface area contributed by atoms with E-state index in [-0.39, 0.29) is 22.3 Å². The minimum absolute atomic E-state index is 0.0154. The molecule has 33 heavy (non-hydrogen) atoms. The number of amides is 1. The van der Waals surface area contributed by atoms with Crippen molar-refractivity contribution in [3.63, 3.8) is 0 Å². The average molecular weight is 472 g/mol. The minimum atomic E-state index is -3.51. The van der Waals surface area contributed by atoms with E-state index in [1.165, 1.54) is 30.8 Å². The van der Waals surface area contributed by atoms with Crippen LogP contribution in [0.15, 0.2) is 53.4 Å². The number of nitrogens with zero attached hydrogens (tertiary/aromatic N) is 2. The number of rotatable bonds is 10. The Bertz CT molecular complexity index is 1060. The summed E-state index contributed by atoms with van der Waals surface area (Å²) in [6, 6.07) is 14.9. The highest BCUT2D eigenvalue weighted by atomic mass is 32.2. The third kappa shape index (κ3) is 7.40. The second-order valence-electron chi connectivity index (χ2n) is 8.56. The summed E-state index contributed by atoms with van der Waals surface area (Å²) in [5, 5.41) is 2.52. The van der Waals surface area contributed by atoms with Crippen molar-refractivity contribution in [3.05, 3.63) is 54.1 Å². The van der Waals surface area contributed by atoms with Crippen molar-refractivity contribution in [2.24, 2.45) is 0 Å². The first-order valence-corrected chi connectivity index (χ1v) is 13.3. The number of sulfone groups is 1. The molecule has 1 aliphatic heterocycles. The Kier molecular flexibility index (Phi) is 8.63. The molecule has 0 bridgehead atoms. The van der Waals surface area contributed by atoms with Gasteiger partial charge in [0, 0.05) is 57.0 Å². The molecule has 7 nitrogen and oxygen atoms in total. The molecule has 0 saturated carbocycles. The van der Waals surface area contributed by atoms with Crippen LogP contribution in [-0.4, -0.2) is 64.0 Å². The molecule has 0 unspecified atom stereocenters. The number of hydrogen-bond acceptors (Lipinski definition) is 6. The molecule has 1 N–H and O–H groups in total. The summed E-state index contributed by atoms with van der Waals surface area (Å²) in [6.45, 7) is 6.50. The predicted octanol–water partition coefficient (Wildman–Crippen LogP) is 3.61. The zero-order chi connectivity index (χ0) is 23.8.